The van der Waals surface area contributed by atoms with E-state index >= 15 is 0 Å². The molecule has 36 heavy (non-hydrogen) atoms. The molecule has 4 heterocycles. The number of benzene rings is 1. The highest BCUT2D eigenvalue weighted by Crippen LogP contribution is 2.53. The molecule has 11 heteroatoms. The van der Waals surface area contributed by atoms with Gasteiger partial charge in [-0.25, -0.2) is 4.98 Å². The number of carbonyl (C=O) groups excluding carboxylic acids is 1. The molecule has 0 spiro atoms. The topological polar surface area (TPSA) is 82.6 Å². The third-order valence-electron chi connectivity index (χ3n) is 7.74. The Bertz CT molecular complexity index is 1150. The van der Waals surface area contributed by atoms with Crippen LogP contribution in [0, 0.1) is 0 Å². The van der Waals surface area contributed by atoms with E-state index in [1.165, 1.54) is 0 Å². The second-order valence-corrected chi connectivity index (χ2v) is 9.99. The lowest BCUT2D eigenvalue weighted by molar-refractivity contribution is -0.137. The van der Waals surface area contributed by atoms with Crippen molar-refractivity contribution in [3.63, 3.8) is 0 Å². The van der Waals surface area contributed by atoms with Crippen LogP contribution in [0.4, 0.5) is 30.6 Å². The monoisotopic (exact) mass is 502 g/mol. The normalized spacial score (nSPS) is 23.9. The number of ether oxygens (including phenoxy) is 1. The number of rotatable bonds is 6. The van der Waals surface area contributed by atoms with Crippen molar-refractivity contribution in [3.05, 3.63) is 41.1 Å². The lowest BCUT2D eigenvalue weighted by Gasteiger charge is -2.30. The van der Waals surface area contributed by atoms with E-state index in [1.54, 1.807) is 0 Å². The predicted molar refractivity (Wildman–Crippen MR) is 127 cm³/mol. The van der Waals surface area contributed by atoms with Crippen LogP contribution < -0.4 is 10.6 Å². The minimum absolute atomic E-state index is 0.00498. The average molecular weight is 503 g/mol. The number of hydrogen-bond acceptors (Lipinski definition) is 7. The fourth-order valence-electron chi connectivity index (χ4n) is 5.68. The quantitative estimate of drug-likeness (QED) is 0.611. The Morgan fingerprint density at radius 1 is 1.08 bits per heavy atom. The molecule has 3 fully saturated rings. The first kappa shape index (κ1) is 23.5. The first-order valence-corrected chi connectivity index (χ1v) is 12.6. The molecule has 2 unspecified atom stereocenters. The molecule has 1 aromatic heterocycles. The molecule has 6 rings (SSSR count). The summed E-state index contributed by atoms with van der Waals surface area (Å²) in [5.41, 5.74) is 2.07. The Morgan fingerprint density at radius 2 is 1.83 bits per heavy atom. The van der Waals surface area contributed by atoms with Gasteiger partial charge in [-0.3, -0.25) is 9.69 Å². The maximum Gasteiger partial charge on any atom is 0.421 e. The number of nitrogens with one attached hydrogen (secondary N) is 2. The standard InChI is InChI=1S/C25H29F3N6O2/c26-25(27,28)19-13-29-24(32-23(19)30-15-2-1-3-15)31-16-4-5-17-18(12-16)21-7-6-20(17)34(21)22(35)14-33-8-10-36-11-9-33/h4-5,12-13,15,20-21H,1-3,6-11,14H2,(H2,29,30,31,32). The van der Waals surface area contributed by atoms with E-state index < -0.39 is 11.7 Å². The van der Waals surface area contributed by atoms with Crippen LogP contribution in [0.1, 0.15) is 60.9 Å². The van der Waals surface area contributed by atoms with E-state index in [0.29, 0.717) is 25.4 Å². The Hall–Kier alpha value is -2.92. The molecule has 1 amide bonds. The second kappa shape index (κ2) is 9.19. The van der Waals surface area contributed by atoms with Crippen LogP contribution >= 0.6 is 0 Å². The smallest absolute Gasteiger partial charge is 0.379 e. The van der Waals surface area contributed by atoms with Gasteiger partial charge >= 0.3 is 6.18 Å². The van der Waals surface area contributed by atoms with Gasteiger partial charge in [-0.15, -0.1) is 0 Å². The Morgan fingerprint density at radius 3 is 2.53 bits per heavy atom. The molecular weight excluding hydrogens is 473 g/mol. The molecule has 2 bridgehead atoms. The number of aromatic nitrogens is 2. The number of nitrogens with zero attached hydrogens (tertiary/aromatic N) is 4. The van der Waals surface area contributed by atoms with Crippen LogP contribution in [-0.2, 0) is 15.7 Å². The highest BCUT2D eigenvalue weighted by Gasteiger charge is 2.46. The van der Waals surface area contributed by atoms with Gasteiger partial charge in [0, 0.05) is 31.0 Å². The van der Waals surface area contributed by atoms with Crippen molar-refractivity contribution >= 4 is 23.4 Å². The molecule has 1 saturated carbocycles. The summed E-state index contributed by atoms with van der Waals surface area (Å²) >= 11 is 0. The highest BCUT2D eigenvalue weighted by molar-refractivity contribution is 5.81. The lowest BCUT2D eigenvalue weighted by atomic mass is 9.91. The van der Waals surface area contributed by atoms with Crippen molar-refractivity contribution < 1.29 is 22.7 Å². The molecule has 3 aliphatic heterocycles. The van der Waals surface area contributed by atoms with Crippen molar-refractivity contribution in [2.75, 3.05) is 43.5 Å². The molecule has 4 aliphatic rings. The summed E-state index contributed by atoms with van der Waals surface area (Å²) in [4.78, 5) is 25.5. The number of anilines is 3. The van der Waals surface area contributed by atoms with Crippen molar-refractivity contribution in [2.45, 2.75) is 56.4 Å². The summed E-state index contributed by atoms with van der Waals surface area (Å²) < 4.78 is 45.8. The van der Waals surface area contributed by atoms with Crippen LogP contribution in [0.5, 0.6) is 0 Å². The summed E-state index contributed by atoms with van der Waals surface area (Å²) in [6, 6.07) is 5.97. The molecule has 8 nitrogen and oxygen atoms in total. The number of halogens is 3. The number of hydrogen-bond donors (Lipinski definition) is 2. The zero-order valence-corrected chi connectivity index (χ0v) is 19.9. The van der Waals surface area contributed by atoms with E-state index in [-0.39, 0.29) is 35.8 Å². The summed E-state index contributed by atoms with van der Waals surface area (Å²) in [5, 5.41) is 6.00. The SMILES string of the molecule is O=C(CN1CCOCC1)N1C2CCC1c1cc(Nc3ncc(C(F)(F)F)c(NC4CCC4)n3)ccc12. The largest absolute Gasteiger partial charge is 0.421 e. The number of fused-ring (bicyclic) bond motifs is 5. The highest BCUT2D eigenvalue weighted by atomic mass is 19.4. The van der Waals surface area contributed by atoms with Crippen molar-refractivity contribution in [1.82, 2.24) is 19.8 Å². The van der Waals surface area contributed by atoms with E-state index in [2.05, 4.69) is 25.5 Å². The lowest BCUT2D eigenvalue weighted by Crippen LogP contribution is -2.44. The third kappa shape index (κ3) is 4.39. The minimum Gasteiger partial charge on any atom is -0.379 e. The van der Waals surface area contributed by atoms with Crippen LogP contribution in [-0.4, -0.2) is 64.6 Å². The number of carbonyl (C=O) groups is 1. The zero-order valence-electron chi connectivity index (χ0n) is 19.9. The Balaban J connectivity index is 1.20. The minimum atomic E-state index is -4.53. The Kier molecular flexibility index (Phi) is 5.99. The molecule has 2 saturated heterocycles. The second-order valence-electron chi connectivity index (χ2n) is 9.99. The predicted octanol–water partition coefficient (Wildman–Crippen LogP) is 4.25. The molecule has 1 aromatic carbocycles. The van der Waals surface area contributed by atoms with Gasteiger partial charge in [0.2, 0.25) is 11.9 Å². The molecule has 0 radical (unpaired) electrons. The van der Waals surface area contributed by atoms with Crippen LogP contribution in [0.3, 0.4) is 0 Å². The number of alkyl halides is 3. The molecule has 192 valence electrons. The maximum absolute atomic E-state index is 13.5. The third-order valence-corrected chi connectivity index (χ3v) is 7.74. The maximum atomic E-state index is 13.5. The molecule has 2 aromatic rings. The first-order chi connectivity index (χ1) is 17.4. The molecule has 1 aliphatic carbocycles. The Labute approximate surface area is 207 Å². The molecule has 2 N–H and O–H groups in total. The van der Waals surface area contributed by atoms with Gasteiger partial charge in [0.25, 0.3) is 0 Å². The van der Waals surface area contributed by atoms with Gasteiger partial charge < -0.3 is 20.3 Å². The van der Waals surface area contributed by atoms with E-state index in [1.807, 2.05) is 23.1 Å². The fraction of sp³-hybridized carbons (Fsp3) is 0.560. The van der Waals surface area contributed by atoms with Crippen molar-refractivity contribution in [3.8, 4) is 0 Å². The van der Waals surface area contributed by atoms with Crippen LogP contribution in [0.2, 0.25) is 0 Å². The fourth-order valence-corrected chi connectivity index (χ4v) is 5.68. The van der Waals surface area contributed by atoms with Gasteiger partial charge in [-0.2, -0.15) is 18.2 Å². The van der Waals surface area contributed by atoms with Crippen LogP contribution in [0.15, 0.2) is 24.4 Å². The van der Waals surface area contributed by atoms with Gasteiger partial charge in [0.15, 0.2) is 0 Å². The van der Waals surface area contributed by atoms with E-state index in [9.17, 15) is 18.0 Å². The summed E-state index contributed by atoms with van der Waals surface area (Å²) in [6.45, 7) is 3.23. The number of amides is 1. The van der Waals surface area contributed by atoms with E-state index in [0.717, 1.165) is 62.5 Å². The summed E-state index contributed by atoms with van der Waals surface area (Å²) in [5.74, 6) is 0.0471. The summed E-state index contributed by atoms with van der Waals surface area (Å²) in [7, 11) is 0. The van der Waals surface area contributed by atoms with Gasteiger partial charge in [-0.1, -0.05) is 6.07 Å². The van der Waals surface area contributed by atoms with Crippen molar-refractivity contribution in [1.29, 1.82) is 0 Å². The first-order valence-electron chi connectivity index (χ1n) is 12.6. The number of morpholine rings is 1. The van der Waals surface area contributed by atoms with Gasteiger partial charge in [0.05, 0.1) is 31.8 Å². The van der Waals surface area contributed by atoms with Gasteiger partial charge in [0.1, 0.15) is 11.4 Å². The van der Waals surface area contributed by atoms with Crippen molar-refractivity contribution in [2.24, 2.45) is 0 Å². The molecular formula is C25H29F3N6O2. The molecule has 2 atom stereocenters. The average Bonchev–Trinajstić information content (AvgIpc) is 3.39. The van der Waals surface area contributed by atoms with E-state index in [4.69, 9.17) is 4.74 Å². The van der Waals surface area contributed by atoms with Crippen LogP contribution in [0.25, 0.3) is 0 Å². The zero-order chi connectivity index (χ0) is 24.9. The summed E-state index contributed by atoms with van der Waals surface area (Å²) in [6.07, 6.45) is 0.806. The van der Waals surface area contributed by atoms with Gasteiger partial charge in [-0.05, 0) is 55.4 Å².